The molecule has 2 fully saturated rings. The van der Waals surface area contributed by atoms with Gasteiger partial charge >= 0.3 is 5.69 Å². The van der Waals surface area contributed by atoms with Crippen molar-refractivity contribution in [2.75, 3.05) is 31.1 Å². The van der Waals surface area contributed by atoms with Gasteiger partial charge in [-0.25, -0.2) is 4.98 Å². The van der Waals surface area contributed by atoms with Gasteiger partial charge in [0.25, 0.3) is 5.82 Å². The first-order valence-corrected chi connectivity index (χ1v) is 7.88. The Hall–Kier alpha value is -2.71. The van der Waals surface area contributed by atoms with Crippen molar-refractivity contribution in [1.82, 2.24) is 4.90 Å². The monoisotopic (exact) mass is 334 g/mol. The molecule has 1 saturated carbocycles. The quantitative estimate of drug-likeness (QED) is 0.505. The van der Waals surface area contributed by atoms with Crippen LogP contribution in [-0.4, -0.2) is 47.9 Å². The van der Waals surface area contributed by atoms with Gasteiger partial charge in [-0.05, 0) is 12.8 Å². The average molecular weight is 334 g/mol. The molecule has 9 heteroatoms. The third kappa shape index (κ3) is 3.01. The lowest BCUT2D eigenvalue weighted by Crippen LogP contribution is -2.55. The Morgan fingerprint density at radius 1 is 1.12 bits per heavy atom. The van der Waals surface area contributed by atoms with Crippen LogP contribution in [0.5, 0.6) is 0 Å². The molecular weight excluding hydrogens is 316 g/mol. The van der Waals surface area contributed by atoms with Gasteiger partial charge in [0.2, 0.25) is 5.91 Å². The second-order valence-electron chi connectivity index (χ2n) is 6.11. The highest BCUT2D eigenvalue weighted by atomic mass is 16.6. The minimum Gasteiger partial charge on any atom is -0.550 e. The fraction of sp³-hybridized carbons (Fsp3) is 0.533. The molecule has 0 aromatic carbocycles. The Morgan fingerprint density at radius 3 is 2.25 bits per heavy atom. The summed E-state index contributed by atoms with van der Waals surface area (Å²) in [6.07, 6.45) is 2.45. The lowest BCUT2D eigenvalue weighted by Gasteiger charge is -2.40. The molecule has 1 aromatic rings. The van der Waals surface area contributed by atoms with E-state index in [1.54, 1.807) is 11.0 Å². The number of nitro groups is 1. The van der Waals surface area contributed by atoms with Crippen LogP contribution in [0, 0.1) is 22.0 Å². The third-order valence-electron chi connectivity index (χ3n) is 4.82. The standard InChI is InChI=1S/C15H18N4O5/c20-14(11-2-3-12(11)15(21)22)18-7-5-17(6-8-18)13-4-1-10(9-16-13)19(23)24/h1,4,9,11-12H,2-3,5-8H2,(H,21,22)/t11-,12+/m0/s1. The second-order valence-corrected chi connectivity index (χ2v) is 6.11. The number of hydrogen-bond donors (Lipinski definition) is 0. The van der Waals surface area contributed by atoms with Crippen molar-refractivity contribution in [3.8, 4) is 0 Å². The SMILES string of the molecule is O=C([O-])[C@@H]1CC[C@@H]1C(=O)N1CCN(c2ccc([N+](=O)[O-])c[nH+]2)CC1. The smallest absolute Gasteiger partial charge is 0.308 e. The molecule has 1 aromatic heterocycles. The first kappa shape index (κ1) is 16.2. The fourth-order valence-electron chi connectivity index (χ4n) is 3.20. The van der Waals surface area contributed by atoms with E-state index >= 15 is 0 Å². The predicted octanol–water partition coefficient (Wildman–Crippen LogP) is -1.17. The van der Waals surface area contributed by atoms with Crippen LogP contribution in [0.15, 0.2) is 18.3 Å². The van der Waals surface area contributed by atoms with Crippen molar-refractivity contribution < 1.29 is 24.6 Å². The van der Waals surface area contributed by atoms with Crippen molar-refractivity contribution in [1.29, 1.82) is 0 Å². The molecule has 0 bridgehead atoms. The highest BCUT2D eigenvalue weighted by Gasteiger charge is 2.40. The number of pyridine rings is 1. The van der Waals surface area contributed by atoms with Crippen molar-refractivity contribution >= 4 is 23.4 Å². The maximum atomic E-state index is 12.4. The van der Waals surface area contributed by atoms with Crippen LogP contribution in [0.4, 0.5) is 11.5 Å². The number of aromatic nitrogens is 1. The third-order valence-corrected chi connectivity index (χ3v) is 4.82. The Labute approximate surface area is 138 Å². The summed E-state index contributed by atoms with van der Waals surface area (Å²) in [6, 6.07) is 3.08. The van der Waals surface area contributed by atoms with E-state index < -0.39 is 22.7 Å². The Kier molecular flexibility index (Phi) is 4.32. The number of hydrogen-bond acceptors (Lipinski definition) is 6. The van der Waals surface area contributed by atoms with Crippen molar-refractivity contribution in [2.24, 2.45) is 11.8 Å². The van der Waals surface area contributed by atoms with E-state index in [-0.39, 0.29) is 11.6 Å². The van der Waals surface area contributed by atoms with Gasteiger partial charge in [-0.1, -0.05) is 0 Å². The Bertz CT molecular complexity index is 654. The van der Waals surface area contributed by atoms with Gasteiger partial charge in [0.1, 0.15) is 13.1 Å². The highest BCUT2D eigenvalue weighted by Crippen LogP contribution is 2.35. The zero-order valence-electron chi connectivity index (χ0n) is 13.0. The molecule has 0 radical (unpaired) electrons. The molecule has 1 aliphatic heterocycles. The number of carboxylic acids is 1. The summed E-state index contributed by atoms with van der Waals surface area (Å²) in [4.78, 5) is 40.1. The van der Waals surface area contributed by atoms with E-state index in [1.807, 2.05) is 4.90 Å². The fourth-order valence-corrected chi connectivity index (χ4v) is 3.20. The second kappa shape index (κ2) is 6.42. The Morgan fingerprint density at radius 2 is 1.79 bits per heavy atom. The average Bonchev–Trinajstić information content (AvgIpc) is 2.53. The molecule has 0 spiro atoms. The van der Waals surface area contributed by atoms with Crippen LogP contribution >= 0.6 is 0 Å². The van der Waals surface area contributed by atoms with E-state index in [9.17, 15) is 24.8 Å². The van der Waals surface area contributed by atoms with Crippen LogP contribution in [-0.2, 0) is 9.59 Å². The molecule has 24 heavy (non-hydrogen) atoms. The molecule has 9 nitrogen and oxygen atoms in total. The number of rotatable bonds is 4. The van der Waals surface area contributed by atoms with Gasteiger partial charge < -0.3 is 14.8 Å². The largest absolute Gasteiger partial charge is 0.550 e. The lowest BCUT2D eigenvalue weighted by atomic mass is 9.73. The van der Waals surface area contributed by atoms with Crippen LogP contribution < -0.4 is 15.0 Å². The van der Waals surface area contributed by atoms with Crippen LogP contribution in [0.3, 0.4) is 0 Å². The maximum Gasteiger partial charge on any atom is 0.308 e. The zero-order valence-corrected chi connectivity index (χ0v) is 13.0. The summed E-state index contributed by atoms with van der Waals surface area (Å²) in [5.41, 5.74) is -0.00845. The van der Waals surface area contributed by atoms with Crippen molar-refractivity contribution in [3.05, 3.63) is 28.4 Å². The van der Waals surface area contributed by atoms with Gasteiger partial charge in [-0.3, -0.25) is 19.8 Å². The first-order valence-electron chi connectivity index (χ1n) is 7.88. The van der Waals surface area contributed by atoms with Crippen molar-refractivity contribution in [3.63, 3.8) is 0 Å². The number of amides is 1. The molecule has 0 unspecified atom stereocenters. The van der Waals surface area contributed by atoms with Gasteiger partial charge in [0.15, 0.2) is 6.20 Å². The van der Waals surface area contributed by atoms with Gasteiger partial charge in [0, 0.05) is 29.9 Å². The minimum atomic E-state index is -1.14. The summed E-state index contributed by atoms with van der Waals surface area (Å²) < 4.78 is 0. The molecule has 2 heterocycles. The van der Waals surface area contributed by atoms with E-state index in [0.29, 0.717) is 39.0 Å². The number of H-pyrrole nitrogens is 1. The molecular formula is C15H18N4O5. The highest BCUT2D eigenvalue weighted by molar-refractivity contribution is 5.86. The van der Waals surface area contributed by atoms with E-state index in [0.717, 1.165) is 5.82 Å². The summed E-state index contributed by atoms with van der Waals surface area (Å²) >= 11 is 0. The molecule has 3 rings (SSSR count). The van der Waals surface area contributed by atoms with Crippen LogP contribution in [0.25, 0.3) is 0 Å². The normalized spacial score (nSPS) is 23.5. The van der Waals surface area contributed by atoms with Gasteiger partial charge in [-0.2, -0.15) is 0 Å². The van der Waals surface area contributed by atoms with Gasteiger partial charge in [-0.15, -0.1) is 0 Å². The summed E-state index contributed by atoms with van der Waals surface area (Å²) in [5, 5.41) is 21.6. The summed E-state index contributed by atoms with van der Waals surface area (Å²) in [7, 11) is 0. The first-order chi connectivity index (χ1) is 11.5. The van der Waals surface area contributed by atoms with Crippen molar-refractivity contribution in [2.45, 2.75) is 12.8 Å². The Balaban J connectivity index is 1.56. The molecule has 2 atom stereocenters. The number of nitrogens with zero attached hydrogens (tertiary/aromatic N) is 3. The van der Waals surface area contributed by atoms with E-state index in [1.165, 1.54) is 12.3 Å². The van der Waals surface area contributed by atoms with E-state index in [2.05, 4.69) is 4.98 Å². The number of carbonyl (C=O) groups is 2. The molecule has 1 saturated heterocycles. The lowest BCUT2D eigenvalue weighted by molar-refractivity contribution is -0.414. The molecule has 1 aliphatic carbocycles. The van der Waals surface area contributed by atoms with Crippen LogP contribution in [0.1, 0.15) is 12.8 Å². The number of aromatic amines is 1. The number of nitrogens with one attached hydrogen (secondary N) is 1. The zero-order chi connectivity index (χ0) is 17.3. The summed E-state index contributed by atoms with van der Waals surface area (Å²) in [5.74, 6) is -1.60. The van der Waals surface area contributed by atoms with Crippen LogP contribution in [0.2, 0.25) is 0 Å². The minimum absolute atomic E-state index is 0.00845. The molecule has 1 N–H and O–H groups in total. The predicted molar refractivity (Wildman–Crippen MR) is 79.7 cm³/mol. The maximum absolute atomic E-state index is 12.4. The molecule has 2 aliphatic rings. The topological polar surface area (TPSA) is 121 Å². The number of carboxylic acid groups (broad SMARTS) is 1. The summed E-state index contributed by atoms with van der Waals surface area (Å²) in [6.45, 7) is 2.17. The molecule has 1 amide bonds. The molecule has 128 valence electrons. The number of anilines is 1. The number of carbonyl (C=O) groups excluding carboxylic acids is 2. The van der Waals surface area contributed by atoms with Gasteiger partial charge in [0.05, 0.1) is 18.0 Å². The number of piperazine rings is 1. The van der Waals surface area contributed by atoms with E-state index in [4.69, 9.17) is 0 Å². The number of aliphatic carboxylic acids is 1.